The van der Waals surface area contributed by atoms with E-state index in [0.29, 0.717) is 69.3 Å². The van der Waals surface area contributed by atoms with E-state index in [1.807, 2.05) is 20.8 Å². The smallest absolute Gasteiger partial charge is 0.305 e. The first-order valence-electron chi connectivity index (χ1n) is 13.1. The van der Waals surface area contributed by atoms with E-state index in [0.717, 1.165) is 6.54 Å². The van der Waals surface area contributed by atoms with Crippen LogP contribution in [0.1, 0.15) is 50.4 Å². The molecule has 0 aromatic heterocycles. The summed E-state index contributed by atoms with van der Waals surface area (Å²) in [5, 5.41) is 13.6. The second-order valence-corrected chi connectivity index (χ2v) is 10.7. The highest BCUT2D eigenvalue weighted by atomic mass is 16.6. The second kappa shape index (κ2) is 13.3. The summed E-state index contributed by atoms with van der Waals surface area (Å²) in [5.41, 5.74) is 0.295. The van der Waals surface area contributed by atoms with E-state index < -0.39 is 11.7 Å². The molecular weight excluding hydrogens is 494 g/mol. The summed E-state index contributed by atoms with van der Waals surface area (Å²) < 4.78 is 21.8. The molecule has 0 bridgehead atoms. The van der Waals surface area contributed by atoms with Crippen LogP contribution >= 0.6 is 0 Å². The lowest BCUT2D eigenvalue weighted by Crippen LogP contribution is -2.47. The molecule has 1 aromatic carbocycles. The molecule has 2 atom stereocenters. The van der Waals surface area contributed by atoms with Crippen LogP contribution in [0.4, 0.5) is 5.69 Å². The van der Waals surface area contributed by atoms with Gasteiger partial charge in [-0.15, -0.1) is 0 Å². The van der Waals surface area contributed by atoms with Crippen LogP contribution < -0.4 is 19.7 Å². The number of esters is 1. The fraction of sp³-hybridized carbons (Fsp3) is 0.667. The van der Waals surface area contributed by atoms with E-state index in [9.17, 15) is 19.5 Å². The third kappa shape index (κ3) is 8.31. The summed E-state index contributed by atoms with van der Waals surface area (Å²) in [6.07, 6.45) is 1.13. The number of methoxy groups -OCH3 is 1. The van der Waals surface area contributed by atoms with Gasteiger partial charge in [-0.3, -0.25) is 14.4 Å². The molecule has 0 aliphatic carbocycles. The molecule has 0 unspecified atom stereocenters. The number of carbonyl (C=O) groups excluding carboxylic acids is 3. The molecule has 0 radical (unpaired) electrons. The van der Waals surface area contributed by atoms with Crippen molar-refractivity contribution >= 4 is 23.5 Å². The Hall–Kier alpha value is -2.89. The number of likely N-dealkylation sites (N-methyl/N-ethyl adjacent to an activating group) is 1. The molecule has 11 heteroatoms. The van der Waals surface area contributed by atoms with Crippen molar-refractivity contribution in [3.8, 4) is 11.5 Å². The number of hydrogen-bond donors (Lipinski definition) is 2. The number of piperidine rings is 1. The van der Waals surface area contributed by atoms with Gasteiger partial charge in [-0.05, 0) is 52.8 Å². The van der Waals surface area contributed by atoms with E-state index in [2.05, 4.69) is 15.0 Å². The van der Waals surface area contributed by atoms with Crippen molar-refractivity contribution < 1.29 is 38.4 Å². The maximum atomic E-state index is 13.3. The van der Waals surface area contributed by atoms with Crippen LogP contribution in [0.2, 0.25) is 0 Å². The molecule has 11 nitrogen and oxygen atoms in total. The molecule has 1 saturated heterocycles. The van der Waals surface area contributed by atoms with E-state index in [-0.39, 0.29) is 35.9 Å². The Bertz CT molecular complexity index is 993. The van der Waals surface area contributed by atoms with Gasteiger partial charge in [-0.25, -0.2) is 0 Å². The molecule has 1 fully saturated rings. The average molecular weight is 536 g/mol. The van der Waals surface area contributed by atoms with Crippen LogP contribution in [-0.4, -0.2) is 99.7 Å². The zero-order valence-corrected chi connectivity index (χ0v) is 23.1. The predicted octanol–water partition coefficient (Wildman–Crippen LogP) is 1.60. The van der Waals surface area contributed by atoms with Crippen LogP contribution in [0, 0.1) is 5.92 Å². The van der Waals surface area contributed by atoms with Gasteiger partial charge in [0.1, 0.15) is 19.8 Å². The normalized spacial score (nSPS) is 19.5. The number of rotatable bonds is 10. The van der Waals surface area contributed by atoms with Gasteiger partial charge < -0.3 is 39.2 Å². The highest BCUT2D eigenvalue weighted by Crippen LogP contribution is 2.38. The standard InChI is InChI=1S/C27H41N3O8/c1-27(2,3)38-17-23(32)29(4)19-13-20(25-22(14-19)36-11-12-37-25)26(34)28-15-18-8-10-30(16-21(18)31)9-6-7-24(33)35-5/h13-14,18,21,31H,6-12,15-17H2,1-5H3,(H,28,34)/t18-,21+/m0/s1. The van der Waals surface area contributed by atoms with Crippen molar-refractivity contribution in [2.24, 2.45) is 5.92 Å². The third-order valence-electron chi connectivity index (χ3n) is 6.67. The number of hydrogen-bond acceptors (Lipinski definition) is 9. The molecule has 2 amide bonds. The van der Waals surface area contributed by atoms with E-state index in [1.54, 1.807) is 19.2 Å². The number of benzene rings is 1. The molecule has 2 aliphatic heterocycles. The third-order valence-corrected chi connectivity index (χ3v) is 6.67. The number of ether oxygens (including phenoxy) is 4. The monoisotopic (exact) mass is 535 g/mol. The number of fused-ring (bicyclic) bond motifs is 1. The highest BCUT2D eigenvalue weighted by Gasteiger charge is 2.30. The first kappa shape index (κ1) is 29.7. The minimum absolute atomic E-state index is 0.102. The molecule has 1 aromatic rings. The van der Waals surface area contributed by atoms with Crippen LogP contribution in [0.5, 0.6) is 11.5 Å². The number of amides is 2. The average Bonchev–Trinajstić information content (AvgIpc) is 2.89. The Morgan fingerprint density at radius 1 is 1.21 bits per heavy atom. The molecule has 38 heavy (non-hydrogen) atoms. The van der Waals surface area contributed by atoms with Crippen molar-refractivity contribution in [1.82, 2.24) is 10.2 Å². The second-order valence-electron chi connectivity index (χ2n) is 10.7. The van der Waals surface area contributed by atoms with E-state index in [4.69, 9.17) is 14.2 Å². The number of anilines is 1. The highest BCUT2D eigenvalue weighted by molar-refractivity contribution is 6.01. The lowest BCUT2D eigenvalue weighted by Gasteiger charge is -2.36. The summed E-state index contributed by atoms with van der Waals surface area (Å²) in [6, 6.07) is 3.29. The zero-order chi connectivity index (χ0) is 27.9. The van der Waals surface area contributed by atoms with Crippen molar-refractivity contribution in [2.75, 3.05) is 65.1 Å². The SMILES string of the molecule is COC(=O)CCCN1CC[C@@H](CNC(=O)c2cc(N(C)C(=O)COC(C)(C)C)cc3c2OCCO3)[C@H](O)C1. The van der Waals surface area contributed by atoms with E-state index in [1.165, 1.54) is 12.0 Å². The number of β-amino-alcohol motifs (C(OH)–C–C–N with tert-alkyl or cyclic N) is 1. The molecule has 2 N–H and O–H groups in total. The van der Waals surface area contributed by atoms with Crippen molar-refractivity contribution in [3.05, 3.63) is 17.7 Å². The summed E-state index contributed by atoms with van der Waals surface area (Å²) >= 11 is 0. The maximum absolute atomic E-state index is 13.3. The zero-order valence-electron chi connectivity index (χ0n) is 23.1. The number of nitrogens with one attached hydrogen (secondary N) is 1. The fourth-order valence-corrected chi connectivity index (χ4v) is 4.38. The number of aliphatic hydroxyl groups is 1. The van der Waals surface area contributed by atoms with Crippen LogP contribution in [0.15, 0.2) is 12.1 Å². The first-order chi connectivity index (χ1) is 18.0. The number of aliphatic hydroxyl groups excluding tert-OH is 1. The molecule has 2 heterocycles. The largest absolute Gasteiger partial charge is 0.486 e. The van der Waals surface area contributed by atoms with Gasteiger partial charge in [-0.1, -0.05) is 0 Å². The Kier molecular flexibility index (Phi) is 10.3. The lowest BCUT2D eigenvalue weighted by molar-refractivity contribution is -0.140. The van der Waals surface area contributed by atoms with Gasteiger partial charge >= 0.3 is 5.97 Å². The minimum atomic E-state index is -0.603. The Labute approximate surface area is 224 Å². The van der Waals surface area contributed by atoms with Gasteiger partial charge in [0.15, 0.2) is 11.5 Å². The molecule has 0 spiro atoms. The van der Waals surface area contributed by atoms with Gasteiger partial charge in [0, 0.05) is 44.2 Å². The lowest BCUT2D eigenvalue weighted by atomic mass is 9.93. The Morgan fingerprint density at radius 3 is 2.63 bits per heavy atom. The quantitative estimate of drug-likeness (QED) is 0.430. The Morgan fingerprint density at radius 2 is 1.95 bits per heavy atom. The number of nitrogens with zero attached hydrogens (tertiary/aromatic N) is 2. The first-order valence-corrected chi connectivity index (χ1v) is 13.1. The van der Waals surface area contributed by atoms with Crippen molar-refractivity contribution in [3.63, 3.8) is 0 Å². The minimum Gasteiger partial charge on any atom is -0.486 e. The molecule has 3 rings (SSSR count). The van der Waals surface area contributed by atoms with Crippen molar-refractivity contribution in [1.29, 1.82) is 0 Å². The molecular formula is C27H41N3O8. The van der Waals surface area contributed by atoms with Gasteiger partial charge in [0.2, 0.25) is 0 Å². The summed E-state index contributed by atoms with van der Waals surface area (Å²) in [7, 11) is 2.99. The van der Waals surface area contributed by atoms with Gasteiger partial charge in [-0.2, -0.15) is 0 Å². The predicted molar refractivity (Wildman–Crippen MR) is 141 cm³/mol. The van der Waals surface area contributed by atoms with Gasteiger partial charge in [0.25, 0.3) is 11.8 Å². The number of likely N-dealkylation sites (tertiary alicyclic amines) is 1. The maximum Gasteiger partial charge on any atom is 0.305 e. The van der Waals surface area contributed by atoms with Crippen LogP contribution in [0.25, 0.3) is 0 Å². The summed E-state index contributed by atoms with van der Waals surface area (Å²) in [4.78, 5) is 40.8. The molecule has 2 aliphatic rings. The van der Waals surface area contributed by atoms with Crippen molar-refractivity contribution in [2.45, 2.75) is 51.7 Å². The van der Waals surface area contributed by atoms with Crippen LogP contribution in [0.3, 0.4) is 0 Å². The van der Waals surface area contributed by atoms with E-state index >= 15 is 0 Å². The summed E-state index contributed by atoms with van der Waals surface area (Å²) in [5.74, 6) is -0.234. The number of carbonyl (C=O) groups is 3. The summed E-state index contributed by atoms with van der Waals surface area (Å²) in [6.45, 7) is 8.42. The topological polar surface area (TPSA) is 127 Å². The van der Waals surface area contributed by atoms with Gasteiger partial charge in [0.05, 0.1) is 24.4 Å². The fourth-order valence-electron chi connectivity index (χ4n) is 4.38. The van der Waals surface area contributed by atoms with Crippen LogP contribution in [-0.2, 0) is 19.1 Å². The molecule has 0 saturated carbocycles. The molecule has 212 valence electrons. The Balaban J connectivity index is 1.62.